The zero-order valence-electron chi connectivity index (χ0n) is 18.6. The van der Waals surface area contributed by atoms with Gasteiger partial charge in [-0.3, -0.25) is 9.59 Å². The molecule has 1 saturated carbocycles. The van der Waals surface area contributed by atoms with Crippen LogP contribution >= 0.6 is 0 Å². The van der Waals surface area contributed by atoms with Crippen molar-refractivity contribution in [1.82, 2.24) is 4.57 Å². The maximum Gasteiger partial charge on any atom is 0.195 e. The molecule has 0 radical (unpaired) electrons. The third kappa shape index (κ3) is 4.19. The molecule has 0 unspecified atom stereocenters. The van der Waals surface area contributed by atoms with Gasteiger partial charge in [-0.05, 0) is 18.4 Å². The molecular weight excluding hydrogens is 406 g/mol. The fourth-order valence-corrected chi connectivity index (χ4v) is 4.94. The van der Waals surface area contributed by atoms with Crippen molar-refractivity contribution < 1.29 is 9.59 Å². The topological polar surface area (TPSA) is 39.1 Å². The summed E-state index contributed by atoms with van der Waals surface area (Å²) in [5.74, 6) is -0.218. The second kappa shape index (κ2) is 9.41. The van der Waals surface area contributed by atoms with E-state index < -0.39 is 0 Å². The van der Waals surface area contributed by atoms with Crippen LogP contribution < -0.4 is 0 Å². The van der Waals surface area contributed by atoms with E-state index in [1.807, 2.05) is 97.2 Å². The van der Waals surface area contributed by atoms with E-state index in [1.165, 1.54) is 19.3 Å². The first kappa shape index (κ1) is 21.1. The minimum absolute atomic E-state index is 0.108. The summed E-state index contributed by atoms with van der Waals surface area (Å²) in [4.78, 5) is 27.6. The van der Waals surface area contributed by atoms with E-state index in [4.69, 9.17) is 0 Å². The molecule has 0 saturated heterocycles. The minimum atomic E-state index is -0.110. The zero-order chi connectivity index (χ0) is 22.6. The van der Waals surface area contributed by atoms with Crippen molar-refractivity contribution in [2.45, 2.75) is 38.1 Å². The molecule has 4 aromatic rings. The molecule has 1 heterocycles. The maximum atomic E-state index is 13.9. The van der Waals surface area contributed by atoms with Crippen molar-refractivity contribution in [2.75, 3.05) is 0 Å². The Balaban J connectivity index is 1.76. The highest BCUT2D eigenvalue weighted by molar-refractivity contribution is 6.22. The SMILES string of the molecule is O=C(c1ccccc1)c1cn(C2CCCCC2)c(-c2ccccc2)c1C(=O)c1ccccc1. The molecule has 0 amide bonds. The molecule has 1 aromatic heterocycles. The van der Waals surface area contributed by atoms with Crippen LogP contribution in [0.15, 0.2) is 97.2 Å². The van der Waals surface area contributed by atoms with Crippen LogP contribution in [0.25, 0.3) is 11.3 Å². The fraction of sp³-hybridized carbons (Fsp3) is 0.200. The van der Waals surface area contributed by atoms with Gasteiger partial charge in [0, 0.05) is 23.4 Å². The number of hydrogen-bond acceptors (Lipinski definition) is 2. The molecule has 0 spiro atoms. The lowest BCUT2D eigenvalue weighted by molar-refractivity contribution is 0.100. The van der Waals surface area contributed by atoms with Gasteiger partial charge in [0.2, 0.25) is 0 Å². The molecule has 0 atom stereocenters. The molecule has 164 valence electrons. The Morgan fingerprint density at radius 3 is 1.73 bits per heavy atom. The van der Waals surface area contributed by atoms with Crippen molar-refractivity contribution in [3.63, 3.8) is 0 Å². The highest BCUT2D eigenvalue weighted by atomic mass is 16.1. The van der Waals surface area contributed by atoms with E-state index in [1.54, 1.807) is 0 Å². The van der Waals surface area contributed by atoms with Gasteiger partial charge in [0.1, 0.15) is 0 Å². The Labute approximate surface area is 194 Å². The smallest absolute Gasteiger partial charge is 0.195 e. The van der Waals surface area contributed by atoms with E-state index in [-0.39, 0.29) is 17.6 Å². The number of nitrogens with zero attached hydrogens (tertiary/aromatic N) is 1. The largest absolute Gasteiger partial charge is 0.343 e. The van der Waals surface area contributed by atoms with Gasteiger partial charge >= 0.3 is 0 Å². The predicted octanol–water partition coefficient (Wildman–Crippen LogP) is 7.12. The van der Waals surface area contributed by atoms with E-state index >= 15 is 0 Å². The summed E-state index contributed by atoms with van der Waals surface area (Å²) < 4.78 is 2.22. The van der Waals surface area contributed by atoms with Crippen LogP contribution in [0.4, 0.5) is 0 Å². The quantitative estimate of drug-likeness (QED) is 0.304. The van der Waals surface area contributed by atoms with Crippen LogP contribution in [0.5, 0.6) is 0 Å². The molecule has 0 aliphatic heterocycles. The van der Waals surface area contributed by atoms with E-state index in [9.17, 15) is 9.59 Å². The van der Waals surface area contributed by atoms with E-state index in [2.05, 4.69) is 4.57 Å². The molecule has 3 heteroatoms. The third-order valence-electron chi connectivity index (χ3n) is 6.59. The van der Waals surface area contributed by atoms with Gasteiger partial charge in [0.25, 0.3) is 0 Å². The first-order chi connectivity index (χ1) is 16.2. The number of hydrogen-bond donors (Lipinski definition) is 0. The highest BCUT2D eigenvalue weighted by Gasteiger charge is 2.30. The monoisotopic (exact) mass is 433 g/mol. The van der Waals surface area contributed by atoms with Crippen molar-refractivity contribution >= 4 is 11.6 Å². The van der Waals surface area contributed by atoms with Crippen LogP contribution in [0, 0.1) is 0 Å². The van der Waals surface area contributed by atoms with Gasteiger partial charge < -0.3 is 4.57 Å². The summed E-state index contributed by atoms with van der Waals surface area (Å²) in [7, 11) is 0. The van der Waals surface area contributed by atoms with Crippen LogP contribution in [0.3, 0.4) is 0 Å². The number of carbonyl (C=O) groups is 2. The Bertz CT molecular complexity index is 1250. The normalized spacial score (nSPS) is 14.2. The summed E-state index contributed by atoms with van der Waals surface area (Å²) in [6.07, 6.45) is 7.65. The fourth-order valence-electron chi connectivity index (χ4n) is 4.94. The Kier molecular flexibility index (Phi) is 6.03. The van der Waals surface area contributed by atoms with Gasteiger partial charge in [-0.25, -0.2) is 0 Å². The first-order valence-corrected chi connectivity index (χ1v) is 11.7. The van der Waals surface area contributed by atoms with Gasteiger partial charge in [-0.1, -0.05) is 110 Å². The standard InChI is InChI=1S/C30H27NO2/c32-29(23-15-7-2-8-16-23)26-21-31(25-19-11-4-12-20-25)28(22-13-5-1-6-14-22)27(26)30(33)24-17-9-3-10-18-24/h1-3,5-10,13-18,21,25H,4,11-12,19-20H2. The average Bonchev–Trinajstić information content (AvgIpc) is 3.30. The molecule has 3 nitrogen and oxygen atoms in total. The lowest BCUT2D eigenvalue weighted by Gasteiger charge is -2.26. The molecule has 0 N–H and O–H groups in total. The lowest BCUT2D eigenvalue weighted by atomic mass is 9.92. The van der Waals surface area contributed by atoms with E-state index in [0.717, 1.165) is 24.1 Å². The number of rotatable bonds is 6. The lowest BCUT2D eigenvalue weighted by Crippen LogP contribution is -2.14. The Morgan fingerprint density at radius 2 is 1.15 bits per heavy atom. The molecule has 33 heavy (non-hydrogen) atoms. The van der Waals surface area contributed by atoms with Gasteiger partial charge in [0.05, 0.1) is 16.8 Å². The number of carbonyl (C=O) groups excluding carboxylic acids is 2. The molecule has 1 aliphatic rings. The van der Waals surface area contributed by atoms with Gasteiger partial charge in [-0.15, -0.1) is 0 Å². The number of aromatic nitrogens is 1. The average molecular weight is 434 g/mol. The predicted molar refractivity (Wildman–Crippen MR) is 132 cm³/mol. The third-order valence-corrected chi connectivity index (χ3v) is 6.59. The maximum absolute atomic E-state index is 13.9. The van der Waals surface area contributed by atoms with Crippen molar-refractivity contribution in [2.24, 2.45) is 0 Å². The van der Waals surface area contributed by atoms with Crippen molar-refractivity contribution in [1.29, 1.82) is 0 Å². The second-order valence-corrected chi connectivity index (χ2v) is 8.72. The van der Waals surface area contributed by atoms with E-state index in [0.29, 0.717) is 22.3 Å². The van der Waals surface area contributed by atoms with Crippen LogP contribution in [0.2, 0.25) is 0 Å². The summed E-state index contributed by atoms with van der Waals surface area (Å²) in [6, 6.07) is 28.9. The first-order valence-electron chi connectivity index (χ1n) is 11.7. The number of benzene rings is 3. The molecule has 0 bridgehead atoms. The van der Waals surface area contributed by atoms with Crippen molar-refractivity contribution in [3.8, 4) is 11.3 Å². The Hall–Kier alpha value is -3.72. The summed E-state index contributed by atoms with van der Waals surface area (Å²) in [5, 5.41) is 0. The summed E-state index contributed by atoms with van der Waals surface area (Å²) in [5.41, 5.74) is 4.01. The van der Waals surface area contributed by atoms with Crippen molar-refractivity contribution in [3.05, 3.63) is 119 Å². The molecule has 1 aliphatic carbocycles. The second-order valence-electron chi connectivity index (χ2n) is 8.72. The summed E-state index contributed by atoms with van der Waals surface area (Å²) in [6.45, 7) is 0. The molecule has 3 aromatic carbocycles. The van der Waals surface area contributed by atoms with Crippen LogP contribution in [0.1, 0.15) is 70.0 Å². The highest BCUT2D eigenvalue weighted by Crippen LogP contribution is 2.38. The van der Waals surface area contributed by atoms with Gasteiger partial charge in [-0.2, -0.15) is 0 Å². The van der Waals surface area contributed by atoms with Gasteiger partial charge in [0.15, 0.2) is 11.6 Å². The summed E-state index contributed by atoms with van der Waals surface area (Å²) >= 11 is 0. The zero-order valence-corrected chi connectivity index (χ0v) is 18.6. The minimum Gasteiger partial charge on any atom is -0.343 e. The number of ketones is 2. The molecular formula is C30H27NO2. The van der Waals surface area contributed by atoms with Crippen LogP contribution in [-0.4, -0.2) is 16.1 Å². The molecule has 1 fully saturated rings. The molecule has 5 rings (SSSR count). The van der Waals surface area contributed by atoms with Crippen LogP contribution in [-0.2, 0) is 0 Å². The Morgan fingerprint density at radius 1 is 0.636 bits per heavy atom.